The highest BCUT2D eigenvalue weighted by Crippen LogP contribution is 2.46. The van der Waals surface area contributed by atoms with Gasteiger partial charge in [0.15, 0.2) is 5.17 Å². The second-order valence-electron chi connectivity index (χ2n) is 5.88. The predicted octanol–water partition coefficient (Wildman–Crippen LogP) is 5.82. The first-order valence-corrected chi connectivity index (χ1v) is 12.9. The largest absolute Gasteiger partial charge is 0.379 e. The molecular weight excluding hydrogens is 412 g/mol. The summed E-state index contributed by atoms with van der Waals surface area (Å²) in [6, 6.07) is 1.83. The monoisotopic (exact) mass is 452 g/mol. The summed E-state index contributed by atoms with van der Waals surface area (Å²) in [5, 5.41) is 0.662. The van der Waals surface area contributed by atoms with Crippen molar-refractivity contribution in [3.05, 3.63) is 35.0 Å². The molecular formula is C22H40N6S2. The Hall–Kier alpha value is -1.67. The number of thioether (sulfide) groups is 1. The van der Waals surface area contributed by atoms with Gasteiger partial charge >= 0.3 is 0 Å². The van der Waals surface area contributed by atoms with E-state index in [-0.39, 0.29) is 5.54 Å². The van der Waals surface area contributed by atoms with E-state index in [0.717, 1.165) is 24.8 Å². The van der Waals surface area contributed by atoms with Crippen molar-refractivity contribution in [2.45, 2.75) is 67.3 Å². The molecule has 2 aromatic rings. The summed E-state index contributed by atoms with van der Waals surface area (Å²) in [5.41, 5.74) is 7.58. The summed E-state index contributed by atoms with van der Waals surface area (Å²) in [4.78, 5) is 21.2. The molecule has 4 heterocycles. The number of anilines is 1. The van der Waals surface area contributed by atoms with Gasteiger partial charge < -0.3 is 10.6 Å². The minimum atomic E-state index is -0.296. The van der Waals surface area contributed by atoms with Crippen LogP contribution in [0.5, 0.6) is 0 Å². The van der Waals surface area contributed by atoms with E-state index in [4.69, 9.17) is 10.7 Å². The number of fused-ring (bicyclic) bond motifs is 1. The Morgan fingerprint density at radius 3 is 2.23 bits per heavy atom. The number of rotatable bonds is 2. The van der Waals surface area contributed by atoms with Gasteiger partial charge in [0.25, 0.3) is 0 Å². The second-order valence-corrected chi connectivity index (χ2v) is 7.81. The fourth-order valence-electron chi connectivity index (χ4n) is 3.00. The maximum absolute atomic E-state index is 6.01. The number of amidine groups is 1. The molecule has 2 aliphatic heterocycles. The quantitative estimate of drug-likeness (QED) is 0.618. The van der Waals surface area contributed by atoms with Gasteiger partial charge in [-0.1, -0.05) is 73.6 Å². The maximum Gasteiger partial charge on any atom is 0.225 e. The molecule has 0 radical (unpaired) electrons. The average Bonchev–Trinajstić information content (AvgIpc) is 3.48. The molecule has 0 aliphatic carbocycles. The molecule has 170 valence electrons. The number of hydrogen-bond donors (Lipinski definition) is 1. The van der Waals surface area contributed by atoms with E-state index in [9.17, 15) is 0 Å². The lowest BCUT2D eigenvalue weighted by molar-refractivity contribution is 0.394. The van der Waals surface area contributed by atoms with Gasteiger partial charge in [-0.2, -0.15) is 0 Å². The molecule has 2 atom stereocenters. The highest BCUT2D eigenvalue weighted by molar-refractivity contribution is 8.13. The molecule has 6 nitrogen and oxygen atoms in total. The van der Waals surface area contributed by atoms with Crippen LogP contribution in [0.15, 0.2) is 35.2 Å². The van der Waals surface area contributed by atoms with Crippen LogP contribution in [-0.4, -0.2) is 39.0 Å². The first-order valence-electron chi connectivity index (χ1n) is 11.1. The van der Waals surface area contributed by atoms with E-state index in [1.807, 2.05) is 59.3 Å². The summed E-state index contributed by atoms with van der Waals surface area (Å²) < 4.78 is 0. The number of thiazole rings is 1. The molecule has 0 bridgehead atoms. The van der Waals surface area contributed by atoms with E-state index in [1.165, 1.54) is 11.3 Å². The number of aromatic nitrogens is 3. The van der Waals surface area contributed by atoms with E-state index >= 15 is 0 Å². The van der Waals surface area contributed by atoms with Crippen LogP contribution in [0.2, 0.25) is 0 Å². The molecule has 2 aromatic heterocycles. The number of nitrogens with two attached hydrogens (primary N) is 1. The Balaban J connectivity index is 0.000000826. The van der Waals surface area contributed by atoms with E-state index in [2.05, 4.69) is 33.7 Å². The van der Waals surface area contributed by atoms with Gasteiger partial charge in [-0.25, -0.2) is 15.0 Å². The highest BCUT2D eigenvalue weighted by Gasteiger charge is 2.51. The maximum atomic E-state index is 6.01. The van der Waals surface area contributed by atoms with Gasteiger partial charge in [0.1, 0.15) is 5.54 Å². The van der Waals surface area contributed by atoms with E-state index < -0.39 is 0 Å². The van der Waals surface area contributed by atoms with Crippen LogP contribution < -0.4 is 10.6 Å². The third-order valence-corrected chi connectivity index (χ3v) is 5.88. The molecule has 1 saturated heterocycles. The lowest BCUT2D eigenvalue weighted by Crippen LogP contribution is -2.39. The topological polar surface area (TPSA) is 80.3 Å². The number of hydrogen-bond acceptors (Lipinski definition) is 8. The zero-order valence-corrected chi connectivity index (χ0v) is 21.6. The molecule has 4 rings (SSSR count). The first-order chi connectivity index (χ1) is 14.7. The molecule has 0 aromatic carbocycles. The van der Waals surface area contributed by atoms with Crippen LogP contribution >= 0.6 is 23.1 Å². The van der Waals surface area contributed by atoms with Crippen LogP contribution in [0.25, 0.3) is 0 Å². The Labute approximate surface area is 191 Å². The molecule has 1 fully saturated rings. The summed E-state index contributed by atoms with van der Waals surface area (Å²) in [6.07, 6.45) is 6.71. The fourth-order valence-corrected chi connectivity index (χ4v) is 4.82. The van der Waals surface area contributed by atoms with Gasteiger partial charge in [-0.05, 0) is 6.07 Å². The molecule has 0 amide bonds. The van der Waals surface area contributed by atoms with Crippen molar-refractivity contribution >= 4 is 34.2 Å². The molecule has 2 unspecified atom stereocenters. The predicted molar refractivity (Wildman–Crippen MR) is 136 cm³/mol. The molecule has 2 aliphatic rings. The van der Waals surface area contributed by atoms with Gasteiger partial charge in [0, 0.05) is 36.8 Å². The smallest absolute Gasteiger partial charge is 0.225 e. The Kier molecular flexibility index (Phi) is 15.2. The highest BCUT2D eigenvalue weighted by atomic mass is 32.2. The average molecular weight is 453 g/mol. The summed E-state index contributed by atoms with van der Waals surface area (Å²) in [7, 11) is 0. The minimum absolute atomic E-state index is 0.296. The summed E-state index contributed by atoms with van der Waals surface area (Å²) in [5.74, 6) is 2.13. The van der Waals surface area contributed by atoms with Gasteiger partial charge in [-0.15, -0.1) is 11.3 Å². The zero-order valence-electron chi connectivity index (χ0n) is 19.9. The van der Waals surface area contributed by atoms with Crippen molar-refractivity contribution in [1.29, 1.82) is 0 Å². The minimum Gasteiger partial charge on any atom is -0.379 e. The fraction of sp³-hybridized carbons (Fsp3) is 0.636. The van der Waals surface area contributed by atoms with E-state index in [0.29, 0.717) is 11.1 Å². The van der Waals surface area contributed by atoms with Crippen molar-refractivity contribution in [2.75, 3.05) is 23.7 Å². The third kappa shape index (κ3) is 7.23. The molecule has 30 heavy (non-hydrogen) atoms. The Morgan fingerprint density at radius 2 is 1.70 bits per heavy atom. The summed E-state index contributed by atoms with van der Waals surface area (Å²) in [6.45, 7) is 17.9. The van der Waals surface area contributed by atoms with Crippen LogP contribution in [0.3, 0.4) is 0 Å². The summed E-state index contributed by atoms with van der Waals surface area (Å²) >= 11 is 3.28. The van der Waals surface area contributed by atoms with Crippen molar-refractivity contribution < 1.29 is 0 Å². The SMILES string of the molecule is CC.CC.CC.CCC.NC1=NC2(c3cncs3)CN(c3ncccn3)CC2CS1. The Bertz CT molecular complexity index is 678. The zero-order chi connectivity index (χ0) is 23.0. The molecule has 2 N–H and O–H groups in total. The lowest BCUT2D eigenvalue weighted by Gasteiger charge is -2.32. The standard InChI is InChI=1S/C13H14N6S2.C3H8.3C2H6/c14-11-18-13(10-4-15-8-21-10)7-19(5-9(13)6-20-11)12-16-2-1-3-17-12;1-3-2;3*1-2/h1-4,8-9H,5-7H2,(H2,14,18);3H2,1-2H3;3*1-2H3. The molecule has 0 spiro atoms. The first kappa shape index (κ1) is 28.3. The van der Waals surface area contributed by atoms with Gasteiger partial charge in [-0.3, -0.25) is 4.98 Å². The van der Waals surface area contributed by atoms with Crippen LogP contribution in [0.1, 0.15) is 66.7 Å². The molecule has 8 heteroatoms. The van der Waals surface area contributed by atoms with Crippen molar-refractivity contribution in [2.24, 2.45) is 16.6 Å². The van der Waals surface area contributed by atoms with Crippen molar-refractivity contribution in [3.8, 4) is 0 Å². The number of aliphatic imine (C=N–C) groups is 1. The van der Waals surface area contributed by atoms with Crippen molar-refractivity contribution in [3.63, 3.8) is 0 Å². The van der Waals surface area contributed by atoms with Gasteiger partial charge in [0.2, 0.25) is 5.95 Å². The third-order valence-electron chi connectivity index (χ3n) is 3.98. The van der Waals surface area contributed by atoms with Crippen LogP contribution in [0.4, 0.5) is 5.95 Å². The molecule has 0 saturated carbocycles. The van der Waals surface area contributed by atoms with E-state index in [1.54, 1.807) is 35.5 Å². The lowest BCUT2D eigenvalue weighted by atomic mass is 9.87. The van der Waals surface area contributed by atoms with Crippen LogP contribution in [0, 0.1) is 5.92 Å². The second kappa shape index (κ2) is 16.1. The Morgan fingerprint density at radius 1 is 1.10 bits per heavy atom. The van der Waals surface area contributed by atoms with Crippen LogP contribution in [-0.2, 0) is 5.54 Å². The van der Waals surface area contributed by atoms with Crippen molar-refractivity contribution in [1.82, 2.24) is 15.0 Å². The van der Waals surface area contributed by atoms with Gasteiger partial charge in [0.05, 0.1) is 16.9 Å². The normalized spacial score (nSPS) is 21.0. The number of nitrogens with zero attached hydrogens (tertiary/aromatic N) is 5.